The molecule has 1 unspecified atom stereocenters. The summed E-state index contributed by atoms with van der Waals surface area (Å²) in [5, 5.41) is 11.9. The Bertz CT molecular complexity index is 420. The molecule has 1 aliphatic rings. The summed E-state index contributed by atoms with van der Waals surface area (Å²) in [6.07, 6.45) is 7.25. The first kappa shape index (κ1) is 14.8. The van der Waals surface area contributed by atoms with Gasteiger partial charge in [0.2, 0.25) is 0 Å². The standard InChI is InChI=1S/C15H23N3O2/c1-12(13-6-8-16-9-7-13)17-15(20)18(14-4-5-14)10-2-3-11-19/h6-9,12,14,19H,2-5,10-11H2,1H3,(H,17,20). The van der Waals surface area contributed by atoms with Crippen LogP contribution in [0.15, 0.2) is 24.5 Å². The monoisotopic (exact) mass is 277 g/mol. The smallest absolute Gasteiger partial charge is 0.318 e. The molecule has 5 heteroatoms. The molecule has 2 N–H and O–H groups in total. The van der Waals surface area contributed by atoms with E-state index in [4.69, 9.17) is 5.11 Å². The van der Waals surface area contributed by atoms with Crippen molar-refractivity contribution in [3.05, 3.63) is 30.1 Å². The molecular weight excluding hydrogens is 254 g/mol. The van der Waals surface area contributed by atoms with Crippen LogP contribution in [-0.4, -0.2) is 40.2 Å². The lowest BCUT2D eigenvalue weighted by Crippen LogP contribution is -2.42. The number of aliphatic hydroxyl groups excluding tert-OH is 1. The molecule has 1 aromatic heterocycles. The Kier molecular flexibility index (Phi) is 5.35. The van der Waals surface area contributed by atoms with Crippen LogP contribution in [-0.2, 0) is 0 Å². The molecule has 1 fully saturated rings. The Labute approximate surface area is 120 Å². The van der Waals surface area contributed by atoms with Gasteiger partial charge >= 0.3 is 6.03 Å². The van der Waals surface area contributed by atoms with Gasteiger partial charge in [0.25, 0.3) is 0 Å². The van der Waals surface area contributed by atoms with Crippen molar-refractivity contribution in [2.45, 2.75) is 44.7 Å². The van der Waals surface area contributed by atoms with Crippen LogP contribution in [0.1, 0.15) is 44.2 Å². The van der Waals surface area contributed by atoms with E-state index < -0.39 is 0 Å². The molecule has 1 aliphatic carbocycles. The molecule has 1 heterocycles. The number of aromatic nitrogens is 1. The SMILES string of the molecule is CC(NC(=O)N(CCCCO)C1CC1)c1ccncc1. The van der Waals surface area contributed by atoms with Gasteiger partial charge in [-0.05, 0) is 50.3 Å². The number of aliphatic hydroxyl groups is 1. The van der Waals surface area contributed by atoms with Crippen LogP contribution >= 0.6 is 0 Å². The van der Waals surface area contributed by atoms with Crippen LogP contribution in [0.2, 0.25) is 0 Å². The molecule has 1 saturated carbocycles. The second kappa shape index (κ2) is 7.24. The van der Waals surface area contributed by atoms with Crippen molar-refractivity contribution in [3.63, 3.8) is 0 Å². The van der Waals surface area contributed by atoms with Crippen LogP contribution in [0.5, 0.6) is 0 Å². The summed E-state index contributed by atoms with van der Waals surface area (Å²) in [7, 11) is 0. The minimum atomic E-state index is -0.0235. The topological polar surface area (TPSA) is 65.5 Å². The summed E-state index contributed by atoms with van der Waals surface area (Å²) in [6.45, 7) is 2.89. The van der Waals surface area contributed by atoms with Gasteiger partial charge in [-0.3, -0.25) is 4.98 Å². The number of pyridine rings is 1. The summed E-state index contributed by atoms with van der Waals surface area (Å²) in [4.78, 5) is 18.2. The number of nitrogens with zero attached hydrogens (tertiary/aromatic N) is 2. The molecule has 5 nitrogen and oxygen atoms in total. The number of rotatable bonds is 7. The number of hydrogen-bond acceptors (Lipinski definition) is 3. The number of carbonyl (C=O) groups excluding carboxylic acids is 1. The summed E-state index contributed by atoms with van der Waals surface area (Å²) < 4.78 is 0. The third-order valence-electron chi connectivity index (χ3n) is 3.60. The molecule has 0 radical (unpaired) electrons. The summed E-state index contributed by atoms with van der Waals surface area (Å²) in [6, 6.07) is 4.19. The van der Waals surface area contributed by atoms with Crippen LogP contribution in [0, 0.1) is 0 Å². The van der Waals surface area contributed by atoms with Gasteiger partial charge in [0.05, 0.1) is 6.04 Å². The first-order chi connectivity index (χ1) is 9.72. The van der Waals surface area contributed by atoms with E-state index in [1.807, 2.05) is 24.0 Å². The Morgan fingerprint density at radius 3 is 2.75 bits per heavy atom. The van der Waals surface area contributed by atoms with Crippen LogP contribution in [0.3, 0.4) is 0 Å². The lowest BCUT2D eigenvalue weighted by molar-refractivity contribution is 0.187. The van der Waals surface area contributed by atoms with E-state index in [0.29, 0.717) is 6.04 Å². The number of unbranched alkanes of at least 4 members (excludes halogenated alkanes) is 1. The van der Waals surface area contributed by atoms with E-state index in [-0.39, 0.29) is 18.7 Å². The highest BCUT2D eigenvalue weighted by Crippen LogP contribution is 2.27. The van der Waals surface area contributed by atoms with Gasteiger partial charge in [-0.25, -0.2) is 4.79 Å². The number of amides is 2. The van der Waals surface area contributed by atoms with Gasteiger partial charge < -0.3 is 15.3 Å². The predicted molar refractivity (Wildman–Crippen MR) is 77.2 cm³/mol. The van der Waals surface area contributed by atoms with Crippen molar-refractivity contribution in [2.24, 2.45) is 0 Å². The Hall–Kier alpha value is -1.62. The normalized spacial score (nSPS) is 15.7. The Morgan fingerprint density at radius 2 is 2.15 bits per heavy atom. The molecule has 0 spiro atoms. The number of hydrogen-bond donors (Lipinski definition) is 2. The summed E-state index contributed by atoms with van der Waals surface area (Å²) >= 11 is 0. The second-order valence-electron chi connectivity index (χ2n) is 5.31. The van der Waals surface area contributed by atoms with Crippen molar-refractivity contribution in [1.82, 2.24) is 15.2 Å². The average Bonchev–Trinajstić information content (AvgIpc) is 3.29. The molecule has 20 heavy (non-hydrogen) atoms. The lowest BCUT2D eigenvalue weighted by atomic mass is 10.1. The molecule has 1 aromatic rings. The third kappa shape index (κ3) is 4.20. The highest BCUT2D eigenvalue weighted by Gasteiger charge is 2.32. The van der Waals surface area contributed by atoms with Crippen LogP contribution in [0.25, 0.3) is 0 Å². The first-order valence-corrected chi connectivity index (χ1v) is 7.30. The van der Waals surface area contributed by atoms with Gasteiger partial charge in [-0.1, -0.05) is 0 Å². The van der Waals surface area contributed by atoms with Crippen LogP contribution < -0.4 is 5.32 Å². The summed E-state index contributed by atoms with van der Waals surface area (Å²) in [5.41, 5.74) is 1.06. The average molecular weight is 277 g/mol. The van der Waals surface area contributed by atoms with E-state index in [0.717, 1.165) is 37.8 Å². The van der Waals surface area contributed by atoms with Crippen molar-refractivity contribution in [2.75, 3.05) is 13.2 Å². The molecule has 0 aromatic carbocycles. The van der Waals surface area contributed by atoms with Gasteiger partial charge in [-0.2, -0.15) is 0 Å². The van der Waals surface area contributed by atoms with Crippen molar-refractivity contribution < 1.29 is 9.90 Å². The number of urea groups is 1. The van der Waals surface area contributed by atoms with Gasteiger partial charge in [0, 0.05) is 31.6 Å². The first-order valence-electron chi connectivity index (χ1n) is 7.30. The van der Waals surface area contributed by atoms with Gasteiger partial charge in [0.15, 0.2) is 0 Å². The van der Waals surface area contributed by atoms with Crippen molar-refractivity contribution >= 4 is 6.03 Å². The number of nitrogens with one attached hydrogen (secondary N) is 1. The van der Waals surface area contributed by atoms with Gasteiger partial charge in [0.1, 0.15) is 0 Å². The van der Waals surface area contributed by atoms with Crippen molar-refractivity contribution in [1.29, 1.82) is 0 Å². The number of carbonyl (C=O) groups is 1. The second-order valence-corrected chi connectivity index (χ2v) is 5.31. The maximum absolute atomic E-state index is 12.3. The van der Waals surface area contributed by atoms with E-state index in [1.165, 1.54) is 0 Å². The fourth-order valence-corrected chi connectivity index (χ4v) is 2.23. The molecule has 0 saturated heterocycles. The van der Waals surface area contributed by atoms with E-state index in [9.17, 15) is 4.79 Å². The molecule has 0 aliphatic heterocycles. The third-order valence-corrected chi connectivity index (χ3v) is 3.60. The fourth-order valence-electron chi connectivity index (χ4n) is 2.23. The molecule has 1 atom stereocenters. The minimum Gasteiger partial charge on any atom is -0.396 e. The van der Waals surface area contributed by atoms with E-state index >= 15 is 0 Å². The van der Waals surface area contributed by atoms with Crippen molar-refractivity contribution in [3.8, 4) is 0 Å². The predicted octanol–water partition coefficient (Wildman–Crippen LogP) is 2.09. The Morgan fingerprint density at radius 1 is 1.45 bits per heavy atom. The molecule has 2 amide bonds. The van der Waals surface area contributed by atoms with E-state index in [2.05, 4.69) is 10.3 Å². The van der Waals surface area contributed by atoms with Crippen LogP contribution in [0.4, 0.5) is 4.79 Å². The largest absolute Gasteiger partial charge is 0.396 e. The lowest BCUT2D eigenvalue weighted by Gasteiger charge is -2.25. The fraction of sp³-hybridized carbons (Fsp3) is 0.600. The molecule has 0 bridgehead atoms. The maximum Gasteiger partial charge on any atom is 0.318 e. The molecule has 2 rings (SSSR count). The zero-order valence-electron chi connectivity index (χ0n) is 12.0. The maximum atomic E-state index is 12.3. The highest BCUT2D eigenvalue weighted by atomic mass is 16.3. The molecule has 110 valence electrons. The highest BCUT2D eigenvalue weighted by molar-refractivity contribution is 5.75. The van der Waals surface area contributed by atoms with Gasteiger partial charge in [-0.15, -0.1) is 0 Å². The Balaban J connectivity index is 1.87. The summed E-state index contributed by atoms with van der Waals surface area (Å²) in [5.74, 6) is 0. The zero-order valence-corrected chi connectivity index (χ0v) is 12.0. The minimum absolute atomic E-state index is 0.00486. The molecular formula is C15H23N3O2. The zero-order chi connectivity index (χ0) is 14.4. The quantitative estimate of drug-likeness (QED) is 0.750. The van der Waals surface area contributed by atoms with E-state index in [1.54, 1.807) is 12.4 Å².